The molecule has 1 unspecified atom stereocenters. The van der Waals surface area contributed by atoms with Gasteiger partial charge >= 0.3 is 0 Å². The Morgan fingerprint density at radius 2 is 2.17 bits per heavy atom. The largest absolute Gasteiger partial charge is 0.380 e. The van der Waals surface area contributed by atoms with Crippen LogP contribution in [0, 0.1) is 0 Å². The minimum absolute atomic E-state index is 0.00528. The van der Waals surface area contributed by atoms with Gasteiger partial charge in [-0.3, -0.25) is 4.79 Å². The first kappa shape index (κ1) is 16.4. The molecule has 1 atom stereocenters. The van der Waals surface area contributed by atoms with Crippen molar-refractivity contribution in [1.29, 1.82) is 0 Å². The van der Waals surface area contributed by atoms with Crippen LogP contribution in [0.1, 0.15) is 36.0 Å². The fourth-order valence-corrected chi connectivity index (χ4v) is 4.30. The molecule has 6 heteroatoms. The van der Waals surface area contributed by atoms with Crippen LogP contribution >= 0.6 is 22.9 Å². The molecule has 0 aromatic carbocycles. The molecule has 3 rings (SSSR count). The van der Waals surface area contributed by atoms with Crippen molar-refractivity contribution in [2.24, 2.45) is 0 Å². The lowest BCUT2D eigenvalue weighted by Gasteiger charge is -2.33. The van der Waals surface area contributed by atoms with Crippen molar-refractivity contribution in [3.8, 4) is 10.4 Å². The highest BCUT2D eigenvalue weighted by atomic mass is 35.5. The highest BCUT2D eigenvalue weighted by molar-refractivity contribution is 7.16. The zero-order chi connectivity index (χ0) is 16.8. The van der Waals surface area contributed by atoms with E-state index in [0.29, 0.717) is 11.7 Å². The van der Waals surface area contributed by atoms with Gasteiger partial charge < -0.3 is 9.64 Å². The van der Waals surface area contributed by atoms with Crippen LogP contribution in [-0.2, 0) is 10.3 Å². The number of hydrogen-bond acceptors (Lipinski definition) is 4. The summed E-state index contributed by atoms with van der Waals surface area (Å²) in [7, 11) is 1.67. The Morgan fingerprint density at radius 1 is 1.43 bits per heavy atom. The minimum Gasteiger partial charge on any atom is -0.380 e. The van der Waals surface area contributed by atoms with E-state index in [4.69, 9.17) is 16.3 Å². The summed E-state index contributed by atoms with van der Waals surface area (Å²) in [6.45, 7) is 6.72. The second-order valence-electron chi connectivity index (χ2n) is 6.24. The molecule has 0 saturated carbocycles. The number of nitrogens with zero attached hydrogens (tertiary/aromatic N) is 2. The molecule has 2 aromatic rings. The van der Waals surface area contributed by atoms with Crippen LogP contribution in [-0.4, -0.2) is 35.5 Å². The number of amides is 1. The van der Waals surface area contributed by atoms with Crippen LogP contribution in [0.15, 0.2) is 24.4 Å². The molecule has 3 heterocycles. The standard InChI is InChI=1S/C17H19ClN2O2S/c1-10(22-4)9-20-16(21)12-8-13(23-15(12)17(20,2)3)11-5-6-19-14(18)7-11/h5-8,10H,9H2,1-4H3. The van der Waals surface area contributed by atoms with Gasteiger partial charge in [-0.1, -0.05) is 11.6 Å². The first-order valence-electron chi connectivity index (χ1n) is 7.45. The molecule has 0 bridgehead atoms. The fourth-order valence-electron chi connectivity index (χ4n) is 2.87. The zero-order valence-corrected chi connectivity index (χ0v) is 15.2. The Kier molecular flexibility index (Phi) is 4.21. The van der Waals surface area contributed by atoms with Crippen molar-refractivity contribution < 1.29 is 9.53 Å². The first-order valence-corrected chi connectivity index (χ1v) is 8.65. The maximum absolute atomic E-state index is 12.8. The molecule has 0 spiro atoms. The second kappa shape index (κ2) is 5.89. The predicted molar refractivity (Wildman–Crippen MR) is 93.1 cm³/mol. The fraction of sp³-hybridized carbons (Fsp3) is 0.412. The lowest BCUT2D eigenvalue weighted by atomic mass is 10.0. The van der Waals surface area contributed by atoms with Gasteiger partial charge in [-0.15, -0.1) is 11.3 Å². The topological polar surface area (TPSA) is 42.4 Å². The highest BCUT2D eigenvalue weighted by Crippen LogP contribution is 2.46. The molecule has 0 fully saturated rings. The molecule has 1 aliphatic rings. The summed E-state index contributed by atoms with van der Waals surface area (Å²) < 4.78 is 5.32. The van der Waals surface area contributed by atoms with E-state index in [1.807, 2.05) is 30.0 Å². The van der Waals surface area contributed by atoms with E-state index in [9.17, 15) is 4.79 Å². The highest BCUT2D eigenvalue weighted by Gasteiger charge is 2.45. The zero-order valence-electron chi connectivity index (χ0n) is 13.6. The third-order valence-corrected chi connectivity index (χ3v) is 5.99. The van der Waals surface area contributed by atoms with Gasteiger partial charge in [0.05, 0.1) is 17.2 Å². The van der Waals surface area contributed by atoms with Crippen molar-refractivity contribution in [1.82, 2.24) is 9.88 Å². The predicted octanol–water partition coefficient (Wildman–Crippen LogP) is 4.19. The molecule has 0 saturated heterocycles. The summed E-state index contributed by atoms with van der Waals surface area (Å²) in [6, 6.07) is 5.70. The summed E-state index contributed by atoms with van der Waals surface area (Å²) in [4.78, 5) is 20.8. The summed E-state index contributed by atoms with van der Waals surface area (Å²) in [6.07, 6.45) is 1.69. The Labute approximate surface area is 145 Å². The van der Waals surface area contributed by atoms with Crippen LogP contribution in [0.3, 0.4) is 0 Å². The van der Waals surface area contributed by atoms with E-state index in [1.54, 1.807) is 24.6 Å². The Morgan fingerprint density at radius 3 is 2.78 bits per heavy atom. The third kappa shape index (κ3) is 2.77. The third-order valence-electron chi connectivity index (χ3n) is 4.29. The summed E-state index contributed by atoms with van der Waals surface area (Å²) >= 11 is 7.62. The molecular weight excluding hydrogens is 332 g/mol. The smallest absolute Gasteiger partial charge is 0.255 e. The Bertz CT molecular complexity index is 757. The number of thiophene rings is 1. The molecule has 0 aliphatic carbocycles. The second-order valence-corrected chi connectivity index (χ2v) is 7.68. The summed E-state index contributed by atoms with van der Waals surface area (Å²) in [5.74, 6) is 0.0663. The van der Waals surface area contributed by atoms with E-state index >= 15 is 0 Å². The van der Waals surface area contributed by atoms with Gasteiger partial charge in [0.15, 0.2) is 0 Å². The molecule has 4 nitrogen and oxygen atoms in total. The molecule has 0 N–H and O–H groups in total. The van der Waals surface area contributed by atoms with Gasteiger partial charge in [0.25, 0.3) is 5.91 Å². The molecule has 23 heavy (non-hydrogen) atoms. The maximum Gasteiger partial charge on any atom is 0.255 e. The lowest BCUT2D eigenvalue weighted by molar-refractivity contribution is 0.0329. The van der Waals surface area contributed by atoms with Gasteiger partial charge in [-0.25, -0.2) is 4.98 Å². The van der Waals surface area contributed by atoms with Crippen LogP contribution in [0.2, 0.25) is 5.15 Å². The van der Waals surface area contributed by atoms with Crippen molar-refractivity contribution in [2.75, 3.05) is 13.7 Å². The quantitative estimate of drug-likeness (QED) is 0.776. The van der Waals surface area contributed by atoms with Gasteiger partial charge in [-0.2, -0.15) is 0 Å². The van der Waals surface area contributed by atoms with Crippen molar-refractivity contribution in [3.63, 3.8) is 0 Å². The number of fused-ring (bicyclic) bond motifs is 1. The lowest BCUT2D eigenvalue weighted by Crippen LogP contribution is -2.43. The monoisotopic (exact) mass is 350 g/mol. The number of rotatable bonds is 4. The van der Waals surface area contributed by atoms with E-state index in [2.05, 4.69) is 18.8 Å². The number of carbonyl (C=O) groups excluding carboxylic acids is 1. The maximum atomic E-state index is 12.8. The van der Waals surface area contributed by atoms with Crippen LogP contribution in [0.25, 0.3) is 10.4 Å². The van der Waals surface area contributed by atoms with E-state index in [1.165, 1.54) is 0 Å². The van der Waals surface area contributed by atoms with Crippen molar-refractivity contribution in [3.05, 3.63) is 40.0 Å². The Hall–Kier alpha value is -1.43. The number of methoxy groups -OCH3 is 1. The molecule has 1 amide bonds. The SMILES string of the molecule is COC(C)CN1C(=O)c2cc(-c3ccnc(Cl)c3)sc2C1(C)C. The Balaban J connectivity index is 1.98. The van der Waals surface area contributed by atoms with Gasteiger partial charge in [0.2, 0.25) is 0 Å². The average molecular weight is 351 g/mol. The first-order chi connectivity index (χ1) is 10.8. The molecule has 122 valence electrons. The van der Waals surface area contributed by atoms with Crippen LogP contribution in [0.5, 0.6) is 0 Å². The van der Waals surface area contributed by atoms with E-state index < -0.39 is 0 Å². The number of carbonyl (C=O) groups is 1. The minimum atomic E-state index is -0.334. The van der Waals surface area contributed by atoms with E-state index in [-0.39, 0.29) is 17.6 Å². The number of pyridine rings is 1. The normalized spacial score (nSPS) is 17.4. The molecule has 1 aliphatic heterocycles. The van der Waals surface area contributed by atoms with Crippen molar-refractivity contribution in [2.45, 2.75) is 32.4 Å². The van der Waals surface area contributed by atoms with Crippen molar-refractivity contribution >= 4 is 28.8 Å². The summed E-state index contributed by atoms with van der Waals surface area (Å²) in [5, 5.41) is 0.456. The number of halogens is 1. The van der Waals surface area contributed by atoms with Gasteiger partial charge in [0, 0.05) is 29.6 Å². The summed E-state index contributed by atoms with van der Waals surface area (Å²) in [5.41, 5.74) is 1.44. The average Bonchev–Trinajstić information content (AvgIpc) is 3.03. The molecule has 2 aromatic heterocycles. The van der Waals surface area contributed by atoms with Gasteiger partial charge in [0.1, 0.15) is 5.15 Å². The van der Waals surface area contributed by atoms with Crippen LogP contribution in [0.4, 0.5) is 0 Å². The number of ether oxygens (including phenoxy) is 1. The van der Waals surface area contributed by atoms with Gasteiger partial charge in [-0.05, 0) is 44.5 Å². The number of aromatic nitrogens is 1. The van der Waals surface area contributed by atoms with Crippen LogP contribution < -0.4 is 0 Å². The molecule has 0 radical (unpaired) electrons. The molecular formula is C17H19ClN2O2S. The number of hydrogen-bond donors (Lipinski definition) is 0. The van der Waals surface area contributed by atoms with E-state index in [0.717, 1.165) is 20.9 Å².